The molecule has 0 atom stereocenters. The maximum absolute atomic E-state index is 12.7. The average molecular weight is 516 g/mol. The summed E-state index contributed by atoms with van der Waals surface area (Å²) in [6.45, 7) is -0.178. The molecule has 11 nitrogen and oxygen atoms in total. The number of nitrogens with one attached hydrogen (secondary N) is 2. The first kappa shape index (κ1) is 23.7. The van der Waals surface area contributed by atoms with Gasteiger partial charge in [0.25, 0.3) is 5.56 Å². The number of halogens is 1. The molecule has 2 aromatic carbocycles. The molecule has 184 valence electrons. The second kappa shape index (κ2) is 10.3. The monoisotopic (exact) mass is 515 g/mol. The third-order valence-corrected chi connectivity index (χ3v) is 5.44. The van der Waals surface area contributed by atoms with E-state index >= 15 is 0 Å². The first-order valence-electron chi connectivity index (χ1n) is 10.9. The van der Waals surface area contributed by atoms with Crippen LogP contribution in [0.15, 0.2) is 90.2 Å². The Morgan fingerprint density at radius 1 is 0.973 bits per heavy atom. The number of fused-ring (bicyclic) bond motifs is 1. The standard InChI is InChI=1S/C25H18ClN7O4/c26-16-5-10-21(28-13-16)31-22(34)15-33-20-4-2-1-3-19(20)30-24(33)37-25(36)29-17-6-8-18(9-7-17)32-12-11-27-14-23(32)35/h1-14H,15H2,(H,29,36)(H,28,31,34). The fourth-order valence-electron chi connectivity index (χ4n) is 3.55. The Morgan fingerprint density at radius 3 is 2.54 bits per heavy atom. The number of rotatable bonds is 6. The number of ether oxygens (including phenoxy) is 1. The zero-order chi connectivity index (χ0) is 25.8. The molecule has 0 aliphatic rings. The molecule has 5 rings (SSSR count). The highest BCUT2D eigenvalue weighted by atomic mass is 35.5. The number of benzene rings is 2. The first-order valence-corrected chi connectivity index (χ1v) is 11.3. The lowest BCUT2D eigenvalue weighted by molar-refractivity contribution is -0.116. The molecule has 37 heavy (non-hydrogen) atoms. The Kier molecular flexibility index (Phi) is 6.60. The van der Waals surface area contributed by atoms with Crippen LogP contribution in [0.4, 0.5) is 16.3 Å². The number of amides is 2. The highest BCUT2D eigenvalue weighted by Crippen LogP contribution is 2.22. The van der Waals surface area contributed by atoms with E-state index in [1.54, 1.807) is 66.9 Å². The zero-order valence-corrected chi connectivity index (χ0v) is 19.8. The summed E-state index contributed by atoms with van der Waals surface area (Å²) in [6.07, 6.45) is 4.88. The van der Waals surface area contributed by atoms with Gasteiger partial charge in [0.05, 0.1) is 22.3 Å². The molecule has 0 saturated carbocycles. The number of pyridine rings is 1. The van der Waals surface area contributed by atoms with E-state index in [0.717, 1.165) is 0 Å². The fraction of sp³-hybridized carbons (Fsp3) is 0.0400. The number of imidazole rings is 1. The van der Waals surface area contributed by atoms with E-state index in [0.29, 0.717) is 33.2 Å². The van der Waals surface area contributed by atoms with Gasteiger partial charge in [0.2, 0.25) is 5.91 Å². The van der Waals surface area contributed by atoms with E-state index in [9.17, 15) is 14.4 Å². The number of aromatic nitrogens is 5. The van der Waals surface area contributed by atoms with Crippen LogP contribution in [0.2, 0.25) is 5.02 Å². The predicted molar refractivity (Wildman–Crippen MR) is 137 cm³/mol. The number of hydrogen-bond donors (Lipinski definition) is 2. The molecule has 0 radical (unpaired) electrons. The molecule has 0 spiro atoms. The molecule has 0 saturated heterocycles. The molecule has 0 aliphatic heterocycles. The second-order valence-corrected chi connectivity index (χ2v) is 8.16. The molecule has 12 heteroatoms. The maximum Gasteiger partial charge on any atom is 0.419 e. The summed E-state index contributed by atoms with van der Waals surface area (Å²) in [5, 5.41) is 5.74. The summed E-state index contributed by atoms with van der Waals surface area (Å²) in [5.41, 5.74) is 1.92. The minimum absolute atomic E-state index is 0.0575. The van der Waals surface area contributed by atoms with Crippen molar-refractivity contribution < 1.29 is 14.3 Å². The van der Waals surface area contributed by atoms with Gasteiger partial charge < -0.3 is 10.1 Å². The van der Waals surface area contributed by atoms with Gasteiger partial charge in [0.15, 0.2) is 0 Å². The largest absolute Gasteiger partial charge is 0.419 e. The van der Waals surface area contributed by atoms with Crippen molar-refractivity contribution in [2.75, 3.05) is 10.6 Å². The van der Waals surface area contributed by atoms with Crippen LogP contribution in [-0.4, -0.2) is 36.1 Å². The van der Waals surface area contributed by atoms with E-state index in [-0.39, 0.29) is 18.1 Å². The first-order chi connectivity index (χ1) is 18.0. The molecular formula is C25H18ClN7O4. The molecule has 0 unspecified atom stereocenters. The molecule has 2 amide bonds. The van der Waals surface area contributed by atoms with Gasteiger partial charge >= 0.3 is 12.1 Å². The lowest BCUT2D eigenvalue weighted by atomic mass is 10.3. The predicted octanol–water partition coefficient (Wildman–Crippen LogP) is 3.88. The third-order valence-electron chi connectivity index (χ3n) is 5.22. The molecule has 5 aromatic rings. The van der Waals surface area contributed by atoms with Crippen LogP contribution < -0.4 is 20.9 Å². The van der Waals surface area contributed by atoms with Crippen LogP contribution in [0.25, 0.3) is 16.7 Å². The Bertz CT molecular complexity index is 1650. The second-order valence-electron chi connectivity index (χ2n) is 7.73. The topological polar surface area (TPSA) is 133 Å². The van der Waals surface area contributed by atoms with Gasteiger partial charge in [-0.15, -0.1) is 0 Å². The molecule has 3 heterocycles. The van der Waals surface area contributed by atoms with Crippen LogP contribution in [0, 0.1) is 0 Å². The van der Waals surface area contributed by atoms with Gasteiger partial charge in [-0.05, 0) is 48.5 Å². The third kappa shape index (κ3) is 5.46. The van der Waals surface area contributed by atoms with Crippen LogP contribution in [0.1, 0.15) is 0 Å². The van der Waals surface area contributed by atoms with Crippen LogP contribution in [-0.2, 0) is 11.3 Å². The quantitative estimate of drug-likeness (QED) is 0.350. The molecular weight excluding hydrogens is 498 g/mol. The van der Waals surface area contributed by atoms with Crippen molar-refractivity contribution in [3.05, 3.63) is 101 Å². The van der Waals surface area contributed by atoms with Gasteiger partial charge in [0, 0.05) is 30.0 Å². The van der Waals surface area contributed by atoms with E-state index in [2.05, 4.69) is 25.6 Å². The van der Waals surface area contributed by atoms with Crippen molar-refractivity contribution in [2.24, 2.45) is 0 Å². The Hall–Kier alpha value is -5.03. The van der Waals surface area contributed by atoms with E-state index in [4.69, 9.17) is 16.3 Å². The SMILES string of the molecule is O=C(Cn1c(OC(=O)Nc2ccc(-n3ccncc3=O)cc2)nc2ccccc21)Nc1ccc(Cl)cn1. The van der Waals surface area contributed by atoms with Crippen molar-refractivity contribution in [2.45, 2.75) is 6.54 Å². The van der Waals surface area contributed by atoms with Crippen LogP contribution in [0.3, 0.4) is 0 Å². The Labute approximate surface area is 214 Å². The number of nitrogens with zero attached hydrogens (tertiary/aromatic N) is 5. The highest BCUT2D eigenvalue weighted by molar-refractivity contribution is 6.30. The van der Waals surface area contributed by atoms with E-state index in [1.165, 1.54) is 27.7 Å². The lowest BCUT2D eigenvalue weighted by Crippen LogP contribution is -2.23. The lowest BCUT2D eigenvalue weighted by Gasteiger charge is -2.11. The number of carbonyl (C=O) groups is 2. The van der Waals surface area contributed by atoms with Gasteiger partial charge in [-0.2, -0.15) is 4.98 Å². The van der Waals surface area contributed by atoms with Crippen molar-refractivity contribution >= 4 is 46.1 Å². The van der Waals surface area contributed by atoms with Gasteiger partial charge in [0.1, 0.15) is 12.4 Å². The van der Waals surface area contributed by atoms with E-state index in [1.807, 2.05) is 0 Å². The molecule has 0 aliphatic carbocycles. The van der Waals surface area contributed by atoms with Crippen molar-refractivity contribution in [3.8, 4) is 11.7 Å². The van der Waals surface area contributed by atoms with Gasteiger partial charge in [-0.1, -0.05) is 23.7 Å². The number of para-hydroxylation sites is 2. The fourth-order valence-corrected chi connectivity index (χ4v) is 3.66. The summed E-state index contributed by atoms with van der Waals surface area (Å²) in [5.74, 6) is -0.0679. The van der Waals surface area contributed by atoms with Gasteiger partial charge in [-0.3, -0.25) is 29.0 Å². The normalized spacial score (nSPS) is 10.7. The summed E-state index contributed by atoms with van der Waals surface area (Å²) in [7, 11) is 0. The van der Waals surface area contributed by atoms with Crippen molar-refractivity contribution in [3.63, 3.8) is 0 Å². The Morgan fingerprint density at radius 2 is 1.78 bits per heavy atom. The summed E-state index contributed by atoms with van der Waals surface area (Å²) < 4.78 is 8.36. The van der Waals surface area contributed by atoms with E-state index < -0.39 is 12.0 Å². The maximum atomic E-state index is 12.7. The molecule has 0 bridgehead atoms. The van der Waals surface area contributed by atoms with Crippen molar-refractivity contribution in [1.29, 1.82) is 0 Å². The van der Waals surface area contributed by atoms with Gasteiger partial charge in [-0.25, -0.2) is 9.78 Å². The summed E-state index contributed by atoms with van der Waals surface area (Å²) in [6, 6.07) is 16.8. The number of anilines is 2. The van der Waals surface area contributed by atoms with Crippen LogP contribution in [0.5, 0.6) is 6.01 Å². The summed E-state index contributed by atoms with van der Waals surface area (Å²) in [4.78, 5) is 49.5. The minimum atomic E-state index is -0.801. The van der Waals surface area contributed by atoms with Crippen LogP contribution >= 0.6 is 11.6 Å². The minimum Gasteiger partial charge on any atom is -0.375 e. The molecule has 2 N–H and O–H groups in total. The highest BCUT2D eigenvalue weighted by Gasteiger charge is 2.18. The van der Waals surface area contributed by atoms with Crippen molar-refractivity contribution in [1.82, 2.24) is 24.1 Å². The molecule has 0 fully saturated rings. The Balaban J connectivity index is 1.31. The molecule has 3 aromatic heterocycles. The number of hydrogen-bond acceptors (Lipinski definition) is 7. The summed E-state index contributed by atoms with van der Waals surface area (Å²) >= 11 is 5.84. The average Bonchev–Trinajstić information content (AvgIpc) is 3.22. The smallest absolute Gasteiger partial charge is 0.375 e. The number of carbonyl (C=O) groups excluding carboxylic acids is 2. The zero-order valence-electron chi connectivity index (χ0n) is 19.0.